The molecule has 10 rings (SSSR count). The number of esters is 1. The number of likely N-dealkylation sites (tertiary alicyclic amines) is 2. The van der Waals surface area contributed by atoms with Crippen molar-refractivity contribution in [1.29, 1.82) is 0 Å². The third kappa shape index (κ3) is 8.62. The van der Waals surface area contributed by atoms with Crippen LogP contribution in [0.3, 0.4) is 0 Å². The van der Waals surface area contributed by atoms with Crippen LogP contribution < -0.4 is 23.6 Å². The average Bonchev–Trinajstić information content (AvgIpc) is 3.86. The fourth-order valence-corrected chi connectivity index (χ4v) is 10.4. The van der Waals surface area contributed by atoms with Crippen LogP contribution in [0, 0.1) is 0 Å². The molecule has 2 fully saturated rings. The predicted octanol–water partition coefficient (Wildman–Crippen LogP) is 8.29. The van der Waals surface area contributed by atoms with Gasteiger partial charge < -0.3 is 25.1 Å². The van der Waals surface area contributed by atoms with Gasteiger partial charge in [-0.2, -0.15) is 0 Å². The topological polar surface area (TPSA) is 117 Å². The Morgan fingerprint density at radius 3 is 1.53 bits per heavy atom. The maximum Gasteiger partial charge on any atom is 1.00 e. The van der Waals surface area contributed by atoms with Crippen molar-refractivity contribution in [2.75, 3.05) is 26.2 Å². The van der Waals surface area contributed by atoms with Gasteiger partial charge in [-0.1, -0.05) is 92.5 Å². The number of hydrogen-bond donors (Lipinski definition) is 1. The number of phenols is 1. The van der Waals surface area contributed by atoms with E-state index in [0.717, 1.165) is 68.6 Å². The standard InChI is InChI=1S/C27H21NO3S.C24H19NO2S.Li.H2O/c1-3-26(29)28-15-20(16-28)17-9-10-19-13-25(32-24(19)12-17)23-14-21(31-27(30)4-2)11-18-7-5-6-8-22(18)23;1-2-24(27)25-13-18(14-25)15-7-8-17-11-23(28-22(17)10-15)21-12-19(26)9-16-5-3-4-6-20(16)21;;/h3-14,20H,1-2,15-16H2;2-12,18,26H,1,13-14H2;;1H2/q;;+1;/p-1. The quantitative estimate of drug-likeness (QED) is 0.0713. The van der Waals surface area contributed by atoms with Crippen LogP contribution in [0.1, 0.15) is 23.0 Å². The first-order chi connectivity index (χ1) is 29.2. The van der Waals surface area contributed by atoms with E-state index in [4.69, 9.17) is 4.74 Å². The molecule has 0 bridgehead atoms. The van der Waals surface area contributed by atoms with Crippen LogP contribution in [-0.2, 0) is 14.4 Å². The minimum absolute atomic E-state index is 0. The normalized spacial score (nSPS) is 13.5. The summed E-state index contributed by atoms with van der Waals surface area (Å²) in [6.07, 6.45) is 3.92. The first-order valence-corrected chi connectivity index (χ1v) is 21.3. The van der Waals surface area contributed by atoms with E-state index in [1.165, 1.54) is 49.5 Å². The first-order valence-electron chi connectivity index (χ1n) is 19.7. The predicted molar refractivity (Wildman–Crippen MR) is 248 cm³/mol. The summed E-state index contributed by atoms with van der Waals surface area (Å²) in [5, 5.41) is 16.8. The number of nitrogens with zero attached hydrogens (tertiary/aromatic N) is 2. The summed E-state index contributed by atoms with van der Waals surface area (Å²) in [5.74, 6) is 1.06. The zero-order chi connectivity index (χ0) is 41.5. The van der Waals surface area contributed by atoms with E-state index in [9.17, 15) is 19.5 Å². The van der Waals surface area contributed by atoms with Crippen LogP contribution in [0.2, 0.25) is 0 Å². The van der Waals surface area contributed by atoms with Crippen LogP contribution in [0.25, 0.3) is 62.6 Å². The van der Waals surface area contributed by atoms with Crippen molar-refractivity contribution in [2.24, 2.45) is 0 Å². The smallest absolute Gasteiger partial charge is 0.870 e. The number of carbonyl (C=O) groups is 3. The summed E-state index contributed by atoms with van der Waals surface area (Å²) in [7, 11) is 0. The summed E-state index contributed by atoms with van der Waals surface area (Å²) >= 11 is 3.46. The van der Waals surface area contributed by atoms with Crippen molar-refractivity contribution >= 4 is 82.2 Å². The van der Waals surface area contributed by atoms with Gasteiger partial charge in [0.15, 0.2) is 0 Å². The number of carbonyl (C=O) groups excluding carboxylic acids is 3. The Kier molecular flexibility index (Phi) is 13.0. The molecule has 8 nitrogen and oxygen atoms in total. The van der Waals surface area contributed by atoms with Gasteiger partial charge in [-0.3, -0.25) is 9.59 Å². The van der Waals surface area contributed by atoms with Gasteiger partial charge in [0.05, 0.1) is 0 Å². The molecule has 0 radical (unpaired) electrons. The molecule has 6 aromatic carbocycles. The van der Waals surface area contributed by atoms with Crippen LogP contribution in [0.5, 0.6) is 11.5 Å². The zero-order valence-corrected chi connectivity index (χ0v) is 35.8. The van der Waals surface area contributed by atoms with Crippen molar-refractivity contribution < 1.29 is 48.6 Å². The molecular weight excluding hydrogens is 808 g/mol. The number of benzene rings is 6. The Hall–Kier alpha value is -6.25. The Morgan fingerprint density at radius 1 is 0.581 bits per heavy atom. The summed E-state index contributed by atoms with van der Waals surface area (Å²) < 4.78 is 7.86. The molecule has 2 N–H and O–H groups in total. The van der Waals surface area contributed by atoms with Crippen LogP contribution >= 0.6 is 22.7 Å². The van der Waals surface area contributed by atoms with E-state index in [2.05, 4.69) is 80.4 Å². The number of ether oxygens (including phenoxy) is 1. The second-order valence-electron chi connectivity index (χ2n) is 15.1. The van der Waals surface area contributed by atoms with Gasteiger partial charge >= 0.3 is 24.8 Å². The second kappa shape index (κ2) is 18.4. The summed E-state index contributed by atoms with van der Waals surface area (Å²) in [5.41, 5.74) is 4.61. The zero-order valence-electron chi connectivity index (χ0n) is 34.1. The molecule has 0 aliphatic carbocycles. The molecule has 0 spiro atoms. The molecule has 8 aromatic rings. The molecule has 62 heavy (non-hydrogen) atoms. The Morgan fingerprint density at radius 2 is 1.05 bits per heavy atom. The van der Waals surface area contributed by atoms with Crippen LogP contribution in [-0.4, -0.2) is 64.3 Å². The van der Waals surface area contributed by atoms with Crippen molar-refractivity contribution in [3.05, 3.63) is 170 Å². The molecule has 2 amide bonds. The molecule has 304 valence electrons. The maximum absolute atomic E-state index is 11.8. The van der Waals surface area contributed by atoms with E-state index in [1.54, 1.807) is 28.7 Å². The van der Waals surface area contributed by atoms with Gasteiger partial charge in [0.1, 0.15) is 11.5 Å². The molecular formula is C51H41LiN2O6S2. The molecule has 2 aliphatic rings. The van der Waals surface area contributed by atoms with Crippen molar-refractivity contribution in [3.63, 3.8) is 0 Å². The van der Waals surface area contributed by atoms with Crippen LogP contribution in [0.15, 0.2) is 159 Å². The number of rotatable bonds is 8. The van der Waals surface area contributed by atoms with Gasteiger partial charge in [0.25, 0.3) is 0 Å². The SMILES string of the molecule is C=CC(=O)N1CC(c2ccc3cc(-c4cc(O)cc5ccccc45)sc3c2)C1.C=CC(=O)Oc1cc(-c2cc3ccc(C4CN(C(=O)C=C)C4)cc3s2)c2ccccc2c1.[Li+].[OH-]. The van der Waals surface area contributed by atoms with Gasteiger partial charge in [-0.25, -0.2) is 4.79 Å². The van der Waals surface area contributed by atoms with Gasteiger partial charge in [-0.05, 0) is 104 Å². The van der Waals surface area contributed by atoms with Crippen LogP contribution in [0.4, 0.5) is 0 Å². The Bertz CT molecular complexity index is 3050. The number of hydrogen-bond acceptors (Lipinski definition) is 8. The van der Waals surface area contributed by atoms with E-state index in [1.807, 2.05) is 64.4 Å². The monoisotopic (exact) mass is 848 g/mol. The molecule has 0 unspecified atom stereocenters. The number of aromatic hydroxyl groups is 1. The molecule has 2 saturated heterocycles. The van der Waals surface area contributed by atoms with E-state index in [0.29, 0.717) is 17.6 Å². The molecule has 4 heterocycles. The largest absolute Gasteiger partial charge is 1.00 e. The molecule has 0 saturated carbocycles. The fraction of sp³-hybridized carbons (Fsp3) is 0.118. The van der Waals surface area contributed by atoms with Gasteiger partial charge in [0.2, 0.25) is 11.8 Å². The number of phenolic OH excluding ortho intramolecular Hbond substituents is 1. The van der Waals surface area contributed by atoms with Crippen molar-refractivity contribution in [2.45, 2.75) is 11.8 Å². The van der Waals surface area contributed by atoms with E-state index < -0.39 is 5.97 Å². The summed E-state index contributed by atoms with van der Waals surface area (Å²) in [4.78, 5) is 41.1. The van der Waals surface area contributed by atoms with Crippen molar-refractivity contribution in [3.8, 4) is 32.4 Å². The third-order valence-corrected chi connectivity index (χ3v) is 13.6. The van der Waals surface area contributed by atoms with Gasteiger partial charge in [0, 0.05) is 74.4 Å². The maximum atomic E-state index is 11.8. The molecule has 2 aliphatic heterocycles. The minimum atomic E-state index is -0.475. The average molecular weight is 849 g/mol. The molecule has 11 heteroatoms. The summed E-state index contributed by atoms with van der Waals surface area (Å²) in [6.45, 7) is 13.6. The Balaban J connectivity index is 0.000000182. The van der Waals surface area contributed by atoms with E-state index in [-0.39, 0.29) is 41.9 Å². The number of thiophene rings is 2. The molecule has 0 atom stereocenters. The van der Waals surface area contributed by atoms with Gasteiger partial charge in [-0.15, -0.1) is 22.7 Å². The fourth-order valence-electron chi connectivity index (χ4n) is 8.07. The Labute approximate surface area is 379 Å². The summed E-state index contributed by atoms with van der Waals surface area (Å²) in [6, 6.07) is 41.1. The van der Waals surface area contributed by atoms with Crippen molar-refractivity contribution in [1.82, 2.24) is 9.80 Å². The van der Waals surface area contributed by atoms with E-state index >= 15 is 0 Å². The number of amides is 2. The molecule has 2 aromatic heterocycles. The third-order valence-electron chi connectivity index (χ3n) is 11.4. The minimum Gasteiger partial charge on any atom is -0.870 e. The first kappa shape index (κ1) is 43.8. The number of fused-ring (bicyclic) bond motifs is 4. The second-order valence-corrected chi connectivity index (χ2v) is 17.3.